The van der Waals surface area contributed by atoms with Crippen molar-refractivity contribution in [2.24, 2.45) is 0 Å². The number of rotatable bonds is 3. The first kappa shape index (κ1) is 13.2. The van der Waals surface area contributed by atoms with Crippen molar-refractivity contribution in [3.63, 3.8) is 0 Å². The molecule has 2 rings (SSSR count). The number of aromatic hydroxyl groups is 1. The molecule has 1 aromatic rings. The third-order valence-corrected chi connectivity index (χ3v) is 3.81. The van der Waals surface area contributed by atoms with E-state index in [0.717, 1.165) is 42.7 Å². The standard InChI is InChI=1S/C15H23NO2/c1-4-13-9-12(7-8-18-13)16-14-6-5-10(2)15(17)11(14)3/h5-6,12-13,16-17H,4,7-9H2,1-3H3. The molecule has 0 spiro atoms. The third-order valence-electron chi connectivity index (χ3n) is 3.81. The summed E-state index contributed by atoms with van der Waals surface area (Å²) in [6, 6.07) is 4.46. The second-order valence-electron chi connectivity index (χ2n) is 5.17. The normalized spacial score (nSPS) is 23.9. The van der Waals surface area contributed by atoms with Crippen LogP contribution in [0, 0.1) is 13.8 Å². The monoisotopic (exact) mass is 249 g/mol. The smallest absolute Gasteiger partial charge is 0.123 e. The van der Waals surface area contributed by atoms with Gasteiger partial charge in [-0.3, -0.25) is 0 Å². The van der Waals surface area contributed by atoms with Crippen LogP contribution in [0.5, 0.6) is 5.75 Å². The molecule has 0 bridgehead atoms. The lowest BCUT2D eigenvalue weighted by Crippen LogP contribution is -2.33. The Labute approximate surface area is 109 Å². The van der Waals surface area contributed by atoms with Crippen molar-refractivity contribution >= 4 is 5.69 Å². The lowest BCUT2D eigenvalue weighted by Gasteiger charge is -2.30. The summed E-state index contributed by atoms with van der Waals surface area (Å²) >= 11 is 0. The number of benzene rings is 1. The highest BCUT2D eigenvalue weighted by Gasteiger charge is 2.21. The molecule has 0 saturated carbocycles. The Hall–Kier alpha value is -1.22. The van der Waals surface area contributed by atoms with Gasteiger partial charge in [-0.05, 0) is 44.7 Å². The summed E-state index contributed by atoms with van der Waals surface area (Å²) in [6.45, 7) is 6.87. The summed E-state index contributed by atoms with van der Waals surface area (Å²) in [4.78, 5) is 0. The fourth-order valence-electron chi connectivity index (χ4n) is 2.51. The average Bonchev–Trinajstić information content (AvgIpc) is 2.40. The van der Waals surface area contributed by atoms with Crippen LogP contribution in [0.25, 0.3) is 0 Å². The molecule has 1 aliphatic heterocycles. The van der Waals surface area contributed by atoms with Crippen LogP contribution in [0.4, 0.5) is 5.69 Å². The van der Waals surface area contributed by atoms with E-state index in [1.165, 1.54) is 0 Å². The minimum Gasteiger partial charge on any atom is -0.507 e. The number of nitrogens with one attached hydrogen (secondary N) is 1. The topological polar surface area (TPSA) is 41.5 Å². The van der Waals surface area contributed by atoms with Gasteiger partial charge in [-0.2, -0.15) is 0 Å². The molecule has 3 nitrogen and oxygen atoms in total. The SMILES string of the molecule is CCC1CC(Nc2ccc(C)c(O)c2C)CCO1. The first-order valence-electron chi connectivity index (χ1n) is 6.79. The van der Waals surface area contributed by atoms with E-state index >= 15 is 0 Å². The van der Waals surface area contributed by atoms with Crippen LogP contribution < -0.4 is 5.32 Å². The fourth-order valence-corrected chi connectivity index (χ4v) is 2.51. The van der Waals surface area contributed by atoms with E-state index < -0.39 is 0 Å². The molecule has 1 aromatic carbocycles. The number of ether oxygens (including phenoxy) is 1. The van der Waals surface area contributed by atoms with Crippen LogP contribution in [0.3, 0.4) is 0 Å². The molecule has 1 aliphatic rings. The van der Waals surface area contributed by atoms with Gasteiger partial charge in [-0.15, -0.1) is 0 Å². The first-order valence-corrected chi connectivity index (χ1v) is 6.79. The van der Waals surface area contributed by atoms with Gasteiger partial charge in [0, 0.05) is 23.9 Å². The molecular weight excluding hydrogens is 226 g/mol. The second-order valence-corrected chi connectivity index (χ2v) is 5.17. The van der Waals surface area contributed by atoms with E-state index in [1.54, 1.807) is 0 Å². The molecule has 3 heteroatoms. The molecule has 1 heterocycles. The van der Waals surface area contributed by atoms with Crippen molar-refractivity contribution in [2.45, 2.75) is 52.2 Å². The quantitative estimate of drug-likeness (QED) is 0.863. The molecular formula is C15H23NO2. The maximum atomic E-state index is 9.95. The summed E-state index contributed by atoms with van der Waals surface area (Å²) in [6.07, 6.45) is 3.52. The van der Waals surface area contributed by atoms with E-state index in [1.807, 2.05) is 19.9 Å². The molecule has 1 fully saturated rings. The molecule has 1 saturated heterocycles. The van der Waals surface area contributed by atoms with Crippen LogP contribution >= 0.6 is 0 Å². The summed E-state index contributed by atoms with van der Waals surface area (Å²) in [5.74, 6) is 0.402. The Morgan fingerprint density at radius 3 is 2.89 bits per heavy atom. The third kappa shape index (κ3) is 2.78. The molecule has 2 atom stereocenters. The Bertz CT molecular complexity index is 417. The van der Waals surface area contributed by atoms with Crippen molar-refractivity contribution in [1.29, 1.82) is 0 Å². The van der Waals surface area contributed by atoms with Crippen molar-refractivity contribution in [2.75, 3.05) is 11.9 Å². The van der Waals surface area contributed by atoms with Gasteiger partial charge in [-0.1, -0.05) is 13.0 Å². The first-order chi connectivity index (χ1) is 8.61. The van der Waals surface area contributed by atoms with Crippen LogP contribution in [0.1, 0.15) is 37.3 Å². The van der Waals surface area contributed by atoms with E-state index in [9.17, 15) is 5.11 Å². The van der Waals surface area contributed by atoms with Gasteiger partial charge < -0.3 is 15.2 Å². The summed E-state index contributed by atoms with van der Waals surface area (Å²) in [5, 5.41) is 13.5. The lowest BCUT2D eigenvalue weighted by atomic mass is 10.00. The fraction of sp³-hybridized carbons (Fsp3) is 0.600. The maximum absolute atomic E-state index is 9.95. The van der Waals surface area contributed by atoms with Crippen molar-refractivity contribution in [1.82, 2.24) is 0 Å². The summed E-state index contributed by atoms with van der Waals surface area (Å²) in [7, 11) is 0. The highest BCUT2D eigenvalue weighted by molar-refractivity contribution is 5.59. The number of phenols is 1. The van der Waals surface area contributed by atoms with Crippen LogP contribution in [-0.2, 0) is 4.74 Å². The largest absolute Gasteiger partial charge is 0.507 e. The van der Waals surface area contributed by atoms with Gasteiger partial charge in [0.05, 0.1) is 6.10 Å². The number of anilines is 1. The van der Waals surface area contributed by atoms with Gasteiger partial charge in [0.1, 0.15) is 5.75 Å². The van der Waals surface area contributed by atoms with E-state index in [0.29, 0.717) is 17.9 Å². The minimum atomic E-state index is 0.371. The molecule has 0 aromatic heterocycles. The van der Waals surface area contributed by atoms with Crippen molar-refractivity contribution in [3.8, 4) is 5.75 Å². The Morgan fingerprint density at radius 2 is 2.17 bits per heavy atom. The molecule has 18 heavy (non-hydrogen) atoms. The van der Waals surface area contributed by atoms with E-state index in [2.05, 4.69) is 18.3 Å². The van der Waals surface area contributed by atoms with Crippen LogP contribution in [-0.4, -0.2) is 23.9 Å². The zero-order valence-electron chi connectivity index (χ0n) is 11.5. The highest BCUT2D eigenvalue weighted by atomic mass is 16.5. The number of hydrogen-bond donors (Lipinski definition) is 2. The molecule has 0 amide bonds. The zero-order chi connectivity index (χ0) is 13.1. The minimum absolute atomic E-state index is 0.371. The molecule has 100 valence electrons. The van der Waals surface area contributed by atoms with E-state index in [4.69, 9.17) is 4.74 Å². The number of aryl methyl sites for hydroxylation is 1. The summed E-state index contributed by atoms with van der Waals surface area (Å²) < 4.78 is 5.68. The van der Waals surface area contributed by atoms with Gasteiger partial charge in [-0.25, -0.2) is 0 Å². The molecule has 2 N–H and O–H groups in total. The predicted octanol–water partition coefficient (Wildman–Crippen LogP) is 3.38. The maximum Gasteiger partial charge on any atom is 0.123 e. The number of phenolic OH excluding ortho intramolecular Hbond substituents is 1. The molecule has 0 aliphatic carbocycles. The van der Waals surface area contributed by atoms with Crippen molar-refractivity contribution in [3.05, 3.63) is 23.3 Å². The Kier molecular flexibility index (Phi) is 4.12. The highest BCUT2D eigenvalue weighted by Crippen LogP contribution is 2.30. The van der Waals surface area contributed by atoms with Crippen LogP contribution in [0.15, 0.2) is 12.1 Å². The zero-order valence-corrected chi connectivity index (χ0v) is 11.5. The van der Waals surface area contributed by atoms with Crippen molar-refractivity contribution < 1.29 is 9.84 Å². The Balaban J connectivity index is 2.07. The van der Waals surface area contributed by atoms with Gasteiger partial charge in [0.25, 0.3) is 0 Å². The van der Waals surface area contributed by atoms with Gasteiger partial charge in [0.15, 0.2) is 0 Å². The lowest BCUT2D eigenvalue weighted by molar-refractivity contribution is 0.00925. The molecule has 2 unspecified atom stereocenters. The second kappa shape index (κ2) is 5.61. The van der Waals surface area contributed by atoms with Gasteiger partial charge in [0.2, 0.25) is 0 Å². The van der Waals surface area contributed by atoms with Gasteiger partial charge >= 0.3 is 0 Å². The number of hydrogen-bond acceptors (Lipinski definition) is 3. The summed E-state index contributed by atoms with van der Waals surface area (Å²) in [5.41, 5.74) is 2.91. The van der Waals surface area contributed by atoms with E-state index in [-0.39, 0.29) is 0 Å². The van der Waals surface area contributed by atoms with Crippen LogP contribution in [0.2, 0.25) is 0 Å². The Morgan fingerprint density at radius 1 is 1.39 bits per heavy atom. The molecule has 0 radical (unpaired) electrons. The average molecular weight is 249 g/mol. The predicted molar refractivity (Wildman–Crippen MR) is 74.3 cm³/mol.